The molecule has 1 atom stereocenters. The van der Waals surface area contributed by atoms with Crippen LogP contribution in [-0.2, 0) is 26.2 Å². The monoisotopic (exact) mass is 537 g/mol. The zero-order valence-electron chi connectivity index (χ0n) is 22.3. The van der Waals surface area contributed by atoms with Gasteiger partial charge < -0.3 is 15.0 Å². The number of sulfonamides is 1. The van der Waals surface area contributed by atoms with Crippen molar-refractivity contribution in [3.05, 3.63) is 90.0 Å². The fourth-order valence-corrected chi connectivity index (χ4v) is 4.72. The maximum Gasteiger partial charge on any atom is 0.244 e. The zero-order valence-corrected chi connectivity index (χ0v) is 23.1. The van der Waals surface area contributed by atoms with Crippen LogP contribution in [0.15, 0.2) is 78.9 Å². The molecule has 0 saturated heterocycles. The molecule has 38 heavy (non-hydrogen) atoms. The molecule has 0 aliphatic rings. The highest BCUT2D eigenvalue weighted by Crippen LogP contribution is 2.26. The third-order valence-corrected chi connectivity index (χ3v) is 7.24. The molecule has 9 heteroatoms. The number of amides is 2. The third-order valence-electron chi connectivity index (χ3n) is 6.10. The standard InChI is InChI=1S/C29H35N3O5S/c1-5-19-30-29(34)23(3)31(20-24-12-10-9-11-22(24)2)28(33)21-32(38(4,35)36)25-15-17-27(18-16-25)37-26-13-7-6-8-14-26/h6-18,23H,5,19-21H2,1-4H3,(H,30,34)/t23-/m1/s1. The molecule has 0 saturated carbocycles. The van der Waals surface area contributed by atoms with Crippen molar-refractivity contribution in [3.63, 3.8) is 0 Å². The summed E-state index contributed by atoms with van der Waals surface area (Å²) >= 11 is 0. The van der Waals surface area contributed by atoms with Crippen molar-refractivity contribution in [2.75, 3.05) is 23.7 Å². The fourth-order valence-electron chi connectivity index (χ4n) is 3.87. The van der Waals surface area contributed by atoms with E-state index in [1.807, 2.05) is 68.4 Å². The molecule has 3 rings (SSSR count). The summed E-state index contributed by atoms with van der Waals surface area (Å²) in [4.78, 5) is 27.9. The second kappa shape index (κ2) is 13.1. The second-order valence-electron chi connectivity index (χ2n) is 9.09. The van der Waals surface area contributed by atoms with Crippen LogP contribution < -0.4 is 14.4 Å². The van der Waals surface area contributed by atoms with E-state index in [0.717, 1.165) is 28.1 Å². The van der Waals surface area contributed by atoms with Gasteiger partial charge in [-0.05, 0) is 67.8 Å². The highest BCUT2D eigenvalue weighted by atomic mass is 32.2. The summed E-state index contributed by atoms with van der Waals surface area (Å²) in [5.41, 5.74) is 2.17. The van der Waals surface area contributed by atoms with Gasteiger partial charge in [-0.2, -0.15) is 0 Å². The highest BCUT2D eigenvalue weighted by Gasteiger charge is 2.30. The van der Waals surface area contributed by atoms with Crippen LogP contribution in [0.1, 0.15) is 31.4 Å². The van der Waals surface area contributed by atoms with E-state index in [9.17, 15) is 18.0 Å². The quantitative estimate of drug-likeness (QED) is 0.367. The number of nitrogens with zero attached hydrogens (tertiary/aromatic N) is 2. The van der Waals surface area contributed by atoms with E-state index in [2.05, 4.69) is 5.32 Å². The van der Waals surface area contributed by atoms with Gasteiger partial charge in [-0.25, -0.2) is 8.42 Å². The maximum absolute atomic E-state index is 13.6. The van der Waals surface area contributed by atoms with E-state index in [-0.39, 0.29) is 12.5 Å². The number of hydrogen-bond donors (Lipinski definition) is 1. The molecule has 2 amide bonds. The lowest BCUT2D eigenvalue weighted by molar-refractivity contribution is -0.139. The van der Waals surface area contributed by atoms with Crippen LogP contribution in [-0.4, -0.2) is 50.5 Å². The van der Waals surface area contributed by atoms with Gasteiger partial charge in [0.2, 0.25) is 21.8 Å². The van der Waals surface area contributed by atoms with Crippen molar-refractivity contribution in [2.24, 2.45) is 0 Å². The van der Waals surface area contributed by atoms with E-state index >= 15 is 0 Å². The van der Waals surface area contributed by atoms with Gasteiger partial charge >= 0.3 is 0 Å². The SMILES string of the molecule is CCCNC(=O)[C@@H](C)N(Cc1ccccc1C)C(=O)CN(c1ccc(Oc2ccccc2)cc1)S(C)(=O)=O. The third kappa shape index (κ3) is 7.82. The molecule has 202 valence electrons. The second-order valence-corrected chi connectivity index (χ2v) is 11.0. The lowest BCUT2D eigenvalue weighted by Crippen LogP contribution is -2.51. The molecule has 8 nitrogen and oxygen atoms in total. The van der Waals surface area contributed by atoms with Gasteiger partial charge in [0.25, 0.3) is 0 Å². The van der Waals surface area contributed by atoms with E-state index in [1.165, 1.54) is 4.90 Å². The Morgan fingerprint density at radius 1 is 0.921 bits per heavy atom. The lowest BCUT2D eigenvalue weighted by atomic mass is 10.1. The molecule has 0 radical (unpaired) electrons. The van der Waals surface area contributed by atoms with Crippen molar-refractivity contribution >= 4 is 27.5 Å². The Kier molecular flexibility index (Phi) is 9.90. The Balaban J connectivity index is 1.86. The average Bonchev–Trinajstić information content (AvgIpc) is 2.90. The Bertz CT molecular complexity index is 1330. The van der Waals surface area contributed by atoms with Gasteiger partial charge in [0, 0.05) is 13.1 Å². The molecule has 0 aromatic heterocycles. The molecule has 3 aromatic carbocycles. The van der Waals surface area contributed by atoms with E-state index in [0.29, 0.717) is 23.7 Å². The normalized spacial score (nSPS) is 11.9. The predicted molar refractivity (Wildman–Crippen MR) is 150 cm³/mol. The zero-order chi connectivity index (χ0) is 27.7. The minimum atomic E-state index is -3.81. The topological polar surface area (TPSA) is 96.0 Å². The Hall–Kier alpha value is -3.85. The summed E-state index contributed by atoms with van der Waals surface area (Å²) in [7, 11) is -3.81. The van der Waals surface area contributed by atoms with Crippen molar-refractivity contribution in [1.29, 1.82) is 0 Å². The first-order valence-electron chi connectivity index (χ1n) is 12.5. The summed E-state index contributed by atoms with van der Waals surface area (Å²) in [6.45, 7) is 5.75. The summed E-state index contributed by atoms with van der Waals surface area (Å²) in [5, 5.41) is 2.83. The number of aryl methyl sites for hydroxylation is 1. The molecule has 1 N–H and O–H groups in total. The Morgan fingerprint density at radius 3 is 2.13 bits per heavy atom. The lowest BCUT2D eigenvalue weighted by Gasteiger charge is -2.32. The van der Waals surface area contributed by atoms with Crippen LogP contribution >= 0.6 is 0 Å². The smallest absolute Gasteiger partial charge is 0.244 e. The van der Waals surface area contributed by atoms with Crippen LogP contribution in [0.5, 0.6) is 11.5 Å². The van der Waals surface area contributed by atoms with Gasteiger partial charge in [-0.3, -0.25) is 13.9 Å². The Morgan fingerprint density at radius 2 is 1.53 bits per heavy atom. The summed E-state index contributed by atoms with van der Waals surface area (Å²) in [5.74, 6) is 0.407. The van der Waals surface area contributed by atoms with Crippen LogP contribution in [0.4, 0.5) is 5.69 Å². The average molecular weight is 538 g/mol. The maximum atomic E-state index is 13.6. The largest absolute Gasteiger partial charge is 0.457 e. The van der Waals surface area contributed by atoms with Gasteiger partial charge in [0.1, 0.15) is 24.1 Å². The van der Waals surface area contributed by atoms with Crippen LogP contribution in [0.2, 0.25) is 0 Å². The predicted octanol–water partition coefficient (Wildman–Crippen LogP) is 4.50. The molecule has 0 bridgehead atoms. The molecule has 0 spiro atoms. The number of rotatable bonds is 12. The molecule has 0 aliphatic carbocycles. The minimum absolute atomic E-state index is 0.174. The van der Waals surface area contributed by atoms with Crippen molar-refractivity contribution in [3.8, 4) is 11.5 Å². The first kappa shape index (κ1) is 28.7. The number of para-hydroxylation sites is 1. The van der Waals surface area contributed by atoms with Crippen LogP contribution in [0.25, 0.3) is 0 Å². The van der Waals surface area contributed by atoms with Gasteiger partial charge in [-0.1, -0.05) is 49.4 Å². The summed E-state index contributed by atoms with van der Waals surface area (Å²) < 4.78 is 32.4. The molecule has 0 fully saturated rings. The van der Waals surface area contributed by atoms with Crippen LogP contribution in [0, 0.1) is 6.92 Å². The molecule has 0 unspecified atom stereocenters. The molecular weight excluding hydrogens is 502 g/mol. The summed E-state index contributed by atoms with van der Waals surface area (Å²) in [6.07, 6.45) is 1.81. The molecular formula is C29H35N3O5S. The number of nitrogens with one attached hydrogen (secondary N) is 1. The van der Waals surface area contributed by atoms with E-state index < -0.39 is 28.5 Å². The minimum Gasteiger partial charge on any atom is -0.457 e. The highest BCUT2D eigenvalue weighted by molar-refractivity contribution is 7.92. The van der Waals surface area contributed by atoms with Gasteiger partial charge in [0.15, 0.2) is 0 Å². The van der Waals surface area contributed by atoms with E-state index in [4.69, 9.17) is 4.74 Å². The number of hydrogen-bond acceptors (Lipinski definition) is 5. The van der Waals surface area contributed by atoms with Gasteiger partial charge in [-0.15, -0.1) is 0 Å². The first-order chi connectivity index (χ1) is 18.1. The van der Waals surface area contributed by atoms with E-state index in [1.54, 1.807) is 31.2 Å². The first-order valence-corrected chi connectivity index (χ1v) is 14.4. The van der Waals surface area contributed by atoms with Crippen molar-refractivity contribution < 1.29 is 22.7 Å². The molecule has 0 aliphatic heterocycles. The van der Waals surface area contributed by atoms with Crippen LogP contribution in [0.3, 0.4) is 0 Å². The number of ether oxygens (including phenoxy) is 1. The molecule has 0 heterocycles. The fraction of sp³-hybridized carbons (Fsp3) is 0.310. The Labute approximate surface area is 225 Å². The van der Waals surface area contributed by atoms with Crippen molar-refractivity contribution in [2.45, 2.75) is 39.8 Å². The number of anilines is 1. The van der Waals surface area contributed by atoms with Crippen molar-refractivity contribution in [1.82, 2.24) is 10.2 Å². The number of carbonyl (C=O) groups is 2. The number of carbonyl (C=O) groups excluding carboxylic acids is 2. The number of benzene rings is 3. The summed E-state index contributed by atoms with van der Waals surface area (Å²) in [6, 6.07) is 22.5. The van der Waals surface area contributed by atoms with Gasteiger partial charge in [0.05, 0.1) is 11.9 Å². The molecule has 3 aromatic rings.